The lowest BCUT2D eigenvalue weighted by Crippen LogP contribution is -2.44. The first-order chi connectivity index (χ1) is 5.27. The Morgan fingerprint density at radius 2 is 1.91 bits per heavy atom. The zero-order valence-electron chi connectivity index (χ0n) is 7.33. The molecule has 0 unspecified atom stereocenters. The van der Waals surface area contributed by atoms with Crippen molar-refractivity contribution >= 4 is 0 Å². The largest absolute Gasteiger partial charge is 0.309 e. The highest BCUT2D eigenvalue weighted by Gasteiger charge is 2.25. The van der Waals surface area contributed by atoms with Gasteiger partial charge in [0.1, 0.15) is 6.67 Å². The molecule has 0 radical (unpaired) electrons. The minimum absolute atomic E-state index is 0.240. The lowest BCUT2D eigenvalue weighted by atomic mass is 9.83. The van der Waals surface area contributed by atoms with Crippen molar-refractivity contribution in [2.75, 3.05) is 13.2 Å². The minimum Gasteiger partial charge on any atom is -0.309 e. The summed E-state index contributed by atoms with van der Waals surface area (Å²) in [5, 5.41) is 3.27. The van der Waals surface area contributed by atoms with Crippen LogP contribution in [0.15, 0.2) is 0 Å². The van der Waals surface area contributed by atoms with Gasteiger partial charge in [-0.2, -0.15) is 0 Å². The van der Waals surface area contributed by atoms with Gasteiger partial charge >= 0.3 is 0 Å². The second-order valence-electron chi connectivity index (χ2n) is 3.74. The first kappa shape index (κ1) is 8.98. The van der Waals surface area contributed by atoms with Crippen molar-refractivity contribution in [1.29, 1.82) is 0 Å². The van der Waals surface area contributed by atoms with Crippen molar-refractivity contribution < 1.29 is 4.39 Å². The Labute approximate surface area is 68.4 Å². The average Bonchev–Trinajstić information content (AvgIpc) is 2.03. The molecule has 0 aromatic rings. The van der Waals surface area contributed by atoms with Crippen LogP contribution in [0.5, 0.6) is 0 Å². The van der Waals surface area contributed by atoms with E-state index in [9.17, 15) is 4.39 Å². The van der Waals surface area contributed by atoms with E-state index in [-0.39, 0.29) is 12.2 Å². The van der Waals surface area contributed by atoms with Gasteiger partial charge in [0.25, 0.3) is 0 Å². The maximum Gasteiger partial charge on any atom is 0.102 e. The van der Waals surface area contributed by atoms with Crippen LogP contribution in [0.2, 0.25) is 0 Å². The third kappa shape index (κ3) is 2.78. The summed E-state index contributed by atoms with van der Waals surface area (Å²) in [6.45, 7) is 2.49. The fourth-order valence-electron chi connectivity index (χ4n) is 1.86. The molecule has 11 heavy (non-hydrogen) atoms. The fraction of sp³-hybridized carbons (Fsp3) is 1.00. The molecular formula is C9H18FN. The summed E-state index contributed by atoms with van der Waals surface area (Å²) in [4.78, 5) is 0. The lowest BCUT2D eigenvalue weighted by Gasteiger charge is -2.34. The number of nitrogens with one attached hydrogen (secondary N) is 1. The Hall–Kier alpha value is -0.110. The van der Waals surface area contributed by atoms with E-state index in [1.165, 1.54) is 32.1 Å². The zero-order chi connectivity index (χ0) is 8.16. The van der Waals surface area contributed by atoms with Gasteiger partial charge in [0, 0.05) is 12.1 Å². The van der Waals surface area contributed by atoms with Crippen molar-refractivity contribution in [3.63, 3.8) is 0 Å². The molecule has 0 atom stereocenters. The summed E-state index contributed by atoms with van der Waals surface area (Å²) in [6, 6.07) is 0. The molecule has 0 amide bonds. The molecule has 1 nitrogen and oxygen atoms in total. The van der Waals surface area contributed by atoms with Crippen LogP contribution in [0.3, 0.4) is 0 Å². The van der Waals surface area contributed by atoms with E-state index in [1.807, 2.05) is 0 Å². The molecule has 1 N–H and O–H groups in total. The van der Waals surface area contributed by atoms with E-state index in [0.29, 0.717) is 6.54 Å². The molecule has 0 saturated heterocycles. The van der Waals surface area contributed by atoms with Gasteiger partial charge in [-0.05, 0) is 19.8 Å². The third-order valence-corrected chi connectivity index (χ3v) is 2.60. The molecular weight excluding hydrogens is 141 g/mol. The van der Waals surface area contributed by atoms with Crippen molar-refractivity contribution in [1.82, 2.24) is 5.32 Å². The normalized spacial score (nSPS) is 23.5. The van der Waals surface area contributed by atoms with Crippen molar-refractivity contribution in [2.45, 2.75) is 44.6 Å². The van der Waals surface area contributed by atoms with Crippen LogP contribution < -0.4 is 5.32 Å². The summed E-state index contributed by atoms with van der Waals surface area (Å²) in [5.41, 5.74) is 0.240. The molecule has 0 heterocycles. The Morgan fingerprint density at radius 3 is 2.45 bits per heavy atom. The highest BCUT2D eigenvalue weighted by atomic mass is 19.1. The number of halogens is 1. The molecule has 1 aliphatic carbocycles. The molecule has 0 aromatic heterocycles. The van der Waals surface area contributed by atoms with Gasteiger partial charge in [0.2, 0.25) is 0 Å². The highest BCUT2D eigenvalue weighted by Crippen LogP contribution is 2.27. The van der Waals surface area contributed by atoms with Gasteiger partial charge in [0.15, 0.2) is 0 Å². The molecule has 1 aliphatic rings. The third-order valence-electron chi connectivity index (χ3n) is 2.60. The molecule has 0 aliphatic heterocycles. The van der Waals surface area contributed by atoms with Crippen molar-refractivity contribution in [2.24, 2.45) is 0 Å². The van der Waals surface area contributed by atoms with Crippen LogP contribution in [0.1, 0.15) is 39.0 Å². The van der Waals surface area contributed by atoms with Gasteiger partial charge < -0.3 is 5.32 Å². The molecule has 2 heteroatoms. The van der Waals surface area contributed by atoms with Gasteiger partial charge in [-0.15, -0.1) is 0 Å². The lowest BCUT2D eigenvalue weighted by molar-refractivity contribution is 0.247. The first-order valence-corrected chi connectivity index (χ1v) is 4.58. The second-order valence-corrected chi connectivity index (χ2v) is 3.74. The zero-order valence-corrected chi connectivity index (χ0v) is 7.33. The standard InChI is InChI=1S/C9H18FN/c1-9(11-8-7-10)5-3-2-4-6-9/h11H,2-8H2,1H3. The van der Waals surface area contributed by atoms with Crippen molar-refractivity contribution in [3.05, 3.63) is 0 Å². The molecule has 1 rings (SSSR count). The van der Waals surface area contributed by atoms with Gasteiger partial charge in [-0.1, -0.05) is 19.3 Å². The predicted octanol–water partition coefficient (Wildman–Crippen LogP) is 2.27. The van der Waals surface area contributed by atoms with Gasteiger partial charge in [0.05, 0.1) is 0 Å². The Kier molecular flexibility index (Phi) is 3.31. The quantitative estimate of drug-likeness (QED) is 0.666. The molecule has 0 bridgehead atoms. The van der Waals surface area contributed by atoms with Crippen LogP contribution in [-0.2, 0) is 0 Å². The summed E-state index contributed by atoms with van der Waals surface area (Å²) in [5.74, 6) is 0. The Morgan fingerprint density at radius 1 is 1.27 bits per heavy atom. The summed E-state index contributed by atoms with van der Waals surface area (Å²) in [7, 11) is 0. The molecule has 0 aromatic carbocycles. The van der Waals surface area contributed by atoms with Crippen LogP contribution >= 0.6 is 0 Å². The average molecular weight is 159 g/mol. The predicted molar refractivity (Wildman–Crippen MR) is 45.5 cm³/mol. The second kappa shape index (κ2) is 4.05. The van der Waals surface area contributed by atoms with E-state index < -0.39 is 0 Å². The topological polar surface area (TPSA) is 12.0 Å². The molecule has 0 spiro atoms. The van der Waals surface area contributed by atoms with E-state index >= 15 is 0 Å². The monoisotopic (exact) mass is 159 g/mol. The maximum absolute atomic E-state index is 11.9. The van der Waals surface area contributed by atoms with E-state index in [2.05, 4.69) is 12.2 Å². The van der Waals surface area contributed by atoms with E-state index in [4.69, 9.17) is 0 Å². The molecule has 1 saturated carbocycles. The van der Waals surface area contributed by atoms with Crippen LogP contribution in [0.25, 0.3) is 0 Å². The number of hydrogen-bond donors (Lipinski definition) is 1. The fourth-order valence-corrected chi connectivity index (χ4v) is 1.86. The number of hydrogen-bond acceptors (Lipinski definition) is 1. The highest BCUT2D eigenvalue weighted by molar-refractivity contribution is 4.85. The van der Waals surface area contributed by atoms with E-state index in [1.54, 1.807) is 0 Å². The van der Waals surface area contributed by atoms with Gasteiger partial charge in [-0.3, -0.25) is 0 Å². The number of rotatable bonds is 3. The SMILES string of the molecule is CC1(NCCF)CCCCC1. The summed E-state index contributed by atoms with van der Waals surface area (Å²) in [6.07, 6.45) is 6.39. The smallest absolute Gasteiger partial charge is 0.102 e. The van der Waals surface area contributed by atoms with E-state index in [0.717, 1.165) is 0 Å². The van der Waals surface area contributed by atoms with Crippen LogP contribution in [-0.4, -0.2) is 18.8 Å². The van der Waals surface area contributed by atoms with Crippen LogP contribution in [0, 0.1) is 0 Å². The summed E-state index contributed by atoms with van der Waals surface area (Å²) < 4.78 is 11.9. The Bertz CT molecular complexity index is 108. The molecule has 66 valence electrons. The summed E-state index contributed by atoms with van der Waals surface area (Å²) >= 11 is 0. The minimum atomic E-state index is -0.240. The van der Waals surface area contributed by atoms with Crippen molar-refractivity contribution in [3.8, 4) is 0 Å². The molecule has 1 fully saturated rings. The Balaban J connectivity index is 2.25. The van der Waals surface area contributed by atoms with Crippen LogP contribution in [0.4, 0.5) is 4.39 Å². The number of alkyl halides is 1. The maximum atomic E-state index is 11.9. The van der Waals surface area contributed by atoms with Gasteiger partial charge in [-0.25, -0.2) is 4.39 Å². The first-order valence-electron chi connectivity index (χ1n) is 4.58.